The number of likely N-dealkylation sites (N-methyl/N-ethyl adjacent to an activating group) is 1. The zero-order chi connectivity index (χ0) is 34.1. The average Bonchev–Trinajstić information content (AvgIpc) is 2.97. The van der Waals surface area contributed by atoms with E-state index >= 15 is 0 Å². The third kappa shape index (κ3) is 4.94. The summed E-state index contributed by atoms with van der Waals surface area (Å²) in [6.07, 6.45) is 1.82. The monoisotopic (exact) mass is 646 g/mol. The van der Waals surface area contributed by atoms with Crippen LogP contribution < -0.4 is 16.0 Å². The fourth-order valence-corrected chi connectivity index (χ4v) is 7.61. The third-order valence-corrected chi connectivity index (χ3v) is 9.88. The minimum atomic E-state index is -2.73. The molecule has 1 aromatic carbocycles. The SMILES string of the molecule is CN(C)c1cc(NC(=O)C2CN(Cc3ccccn3)C2)c(O)c2c1C[C@H]1CC3[C@H](N(C)C)C(O)=C(C(N)=O)C(=O)[C@@]3(O)C(O)=C1C2=O. The molecule has 1 aliphatic heterocycles. The molecule has 14 nitrogen and oxygen atoms in total. The number of benzene rings is 1. The van der Waals surface area contributed by atoms with Crippen LogP contribution in [0.15, 0.2) is 53.1 Å². The number of fused-ring (bicyclic) bond motifs is 3. The largest absolute Gasteiger partial charge is 0.510 e. The molecule has 6 rings (SSSR count). The normalized spacial score (nSPS) is 26.0. The second-order valence-electron chi connectivity index (χ2n) is 13.2. The highest BCUT2D eigenvalue weighted by molar-refractivity contribution is 6.25. The number of pyridine rings is 1. The molecule has 0 bridgehead atoms. The minimum Gasteiger partial charge on any atom is -0.510 e. The Balaban J connectivity index is 1.35. The summed E-state index contributed by atoms with van der Waals surface area (Å²) in [6, 6.07) is 6.15. The summed E-state index contributed by atoms with van der Waals surface area (Å²) < 4.78 is 0. The Morgan fingerprint density at radius 1 is 1.13 bits per heavy atom. The van der Waals surface area contributed by atoms with E-state index in [1.807, 2.05) is 18.2 Å². The molecule has 2 amide bonds. The first-order chi connectivity index (χ1) is 22.2. The van der Waals surface area contributed by atoms with Crippen LogP contribution in [0.1, 0.15) is 28.0 Å². The molecule has 1 fully saturated rings. The van der Waals surface area contributed by atoms with Gasteiger partial charge < -0.3 is 36.4 Å². The number of nitrogens with one attached hydrogen (secondary N) is 1. The van der Waals surface area contributed by atoms with Crippen LogP contribution >= 0.6 is 0 Å². The number of aliphatic hydroxyl groups is 3. The van der Waals surface area contributed by atoms with Crippen molar-refractivity contribution in [3.05, 3.63) is 69.9 Å². The van der Waals surface area contributed by atoms with Gasteiger partial charge in [0.1, 0.15) is 17.1 Å². The maximum Gasteiger partial charge on any atom is 0.255 e. The van der Waals surface area contributed by atoms with Crippen LogP contribution in [-0.4, -0.2) is 112 Å². The second-order valence-corrected chi connectivity index (χ2v) is 13.2. The third-order valence-electron chi connectivity index (χ3n) is 9.88. The molecule has 1 saturated heterocycles. The van der Waals surface area contributed by atoms with Gasteiger partial charge in [0.15, 0.2) is 17.1 Å². The number of anilines is 2. The number of carbonyl (C=O) groups is 4. The van der Waals surface area contributed by atoms with E-state index in [-0.39, 0.29) is 41.5 Å². The van der Waals surface area contributed by atoms with E-state index in [1.165, 1.54) is 4.90 Å². The molecule has 0 radical (unpaired) electrons. The molecule has 4 atom stereocenters. The van der Waals surface area contributed by atoms with Crippen LogP contribution in [0.2, 0.25) is 0 Å². The Kier molecular flexibility index (Phi) is 7.85. The Morgan fingerprint density at radius 2 is 1.83 bits per heavy atom. The van der Waals surface area contributed by atoms with Gasteiger partial charge in [0, 0.05) is 57.1 Å². The molecular formula is C33H38N6O8. The number of carbonyl (C=O) groups excluding carboxylic acids is 4. The van der Waals surface area contributed by atoms with E-state index in [0.717, 1.165) is 5.69 Å². The molecule has 0 saturated carbocycles. The number of rotatable bonds is 7. The van der Waals surface area contributed by atoms with Gasteiger partial charge in [0.05, 0.1) is 28.9 Å². The lowest BCUT2D eigenvalue weighted by Crippen LogP contribution is -2.63. The van der Waals surface area contributed by atoms with Crippen LogP contribution in [-0.2, 0) is 27.3 Å². The number of allylic oxidation sites excluding steroid dienone is 1. The van der Waals surface area contributed by atoms with Gasteiger partial charge in [-0.05, 0) is 56.6 Å². The van der Waals surface area contributed by atoms with Crippen molar-refractivity contribution in [2.24, 2.45) is 23.5 Å². The van der Waals surface area contributed by atoms with Crippen molar-refractivity contribution in [1.82, 2.24) is 14.8 Å². The van der Waals surface area contributed by atoms with Gasteiger partial charge in [-0.3, -0.25) is 34.0 Å². The van der Waals surface area contributed by atoms with Gasteiger partial charge in [0.25, 0.3) is 5.91 Å². The number of phenolic OH excluding ortho intramolecular Hbond substituents is 1. The van der Waals surface area contributed by atoms with Crippen molar-refractivity contribution in [3.63, 3.8) is 0 Å². The van der Waals surface area contributed by atoms with Crippen molar-refractivity contribution in [2.45, 2.75) is 31.0 Å². The Hall–Kier alpha value is -4.79. The van der Waals surface area contributed by atoms with Crippen molar-refractivity contribution < 1.29 is 39.6 Å². The summed E-state index contributed by atoms with van der Waals surface area (Å²) in [5.41, 5.74) is 3.28. The molecule has 14 heteroatoms. The van der Waals surface area contributed by atoms with Crippen LogP contribution in [0.25, 0.3) is 0 Å². The Morgan fingerprint density at radius 3 is 2.43 bits per heavy atom. The summed E-state index contributed by atoms with van der Waals surface area (Å²) in [5, 5.41) is 48.6. The van der Waals surface area contributed by atoms with Crippen LogP contribution in [0.3, 0.4) is 0 Å². The standard InChI is InChI=1S/C33H38N6O8/c1-37(2)21-11-20(36-32(46)16-12-39(13-16)14-17-7-5-6-8-35-17)26(40)23-18(21)9-15-10-19-25(38(3)4)28(42)24(31(34)45)30(44)33(19,47)29(43)22(15)27(23)41/h5-8,11,15-16,19,25,40,42-43,47H,9-10,12-14H2,1-4H3,(H2,34,45)(H,36,46)/t15-,19?,25-,33-/m0/s1. The first kappa shape index (κ1) is 32.2. The van der Waals surface area contributed by atoms with Crippen molar-refractivity contribution in [1.29, 1.82) is 0 Å². The summed E-state index contributed by atoms with van der Waals surface area (Å²) in [7, 11) is 6.66. The molecule has 0 spiro atoms. The van der Waals surface area contributed by atoms with E-state index in [9.17, 15) is 39.6 Å². The average molecular weight is 647 g/mol. The number of amides is 2. The van der Waals surface area contributed by atoms with E-state index in [0.29, 0.717) is 30.9 Å². The van der Waals surface area contributed by atoms with Gasteiger partial charge in [-0.2, -0.15) is 0 Å². The van der Waals surface area contributed by atoms with Gasteiger partial charge in [-0.25, -0.2) is 0 Å². The topological polar surface area (TPSA) is 210 Å². The molecule has 2 heterocycles. The summed E-state index contributed by atoms with van der Waals surface area (Å²) in [4.78, 5) is 62.9. The quantitative estimate of drug-likeness (QED) is 0.181. The molecular weight excluding hydrogens is 608 g/mol. The fourth-order valence-electron chi connectivity index (χ4n) is 7.61. The maximum atomic E-state index is 14.2. The first-order valence-electron chi connectivity index (χ1n) is 15.3. The number of nitrogens with zero attached hydrogens (tertiary/aromatic N) is 4. The number of Topliss-reactive ketones (excluding diaryl/α,β-unsaturated/α-hetero) is 2. The van der Waals surface area contributed by atoms with Crippen molar-refractivity contribution in [2.75, 3.05) is 51.5 Å². The molecule has 7 N–H and O–H groups in total. The molecule has 1 aromatic heterocycles. The number of primary amides is 1. The zero-order valence-electron chi connectivity index (χ0n) is 26.5. The highest BCUT2D eigenvalue weighted by Crippen LogP contribution is 2.54. The number of aromatic hydroxyl groups is 1. The van der Waals surface area contributed by atoms with Crippen LogP contribution in [0, 0.1) is 17.8 Å². The minimum absolute atomic E-state index is 0.00481. The van der Waals surface area contributed by atoms with Crippen LogP contribution in [0.4, 0.5) is 11.4 Å². The number of ketones is 2. The van der Waals surface area contributed by atoms with E-state index < -0.39 is 63.8 Å². The summed E-state index contributed by atoms with van der Waals surface area (Å²) in [6.45, 7) is 1.55. The number of aromatic nitrogens is 1. The van der Waals surface area contributed by atoms with Crippen molar-refractivity contribution in [3.8, 4) is 5.75 Å². The van der Waals surface area contributed by atoms with Crippen LogP contribution in [0.5, 0.6) is 5.75 Å². The first-order valence-corrected chi connectivity index (χ1v) is 15.3. The lowest BCUT2D eigenvalue weighted by molar-refractivity contribution is -0.148. The Labute approximate surface area is 270 Å². The summed E-state index contributed by atoms with van der Waals surface area (Å²) in [5.74, 6) is -8.01. The number of likely N-dealkylation sites (tertiary alicyclic amines) is 1. The molecule has 2 aromatic rings. The van der Waals surface area contributed by atoms with Gasteiger partial charge in [-0.1, -0.05) is 6.07 Å². The number of aliphatic hydroxyl groups excluding tert-OH is 2. The number of nitrogens with two attached hydrogens (primary N) is 1. The van der Waals surface area contributed by atoms with E-state index in [2.05, 4.69) is 15.2 Å². The van der Waals surface area contributed by atoms with Crippen molar-refractivity contribution >= 4 is 34.8 Å². The van der Waals surface area contributed by atoms with E-state index in [1.54, 1.807) is 45.4 Å². The number of hydrogen-bond acceptors (Lipinski definition) is 12. The van der Waals surface area contributed by atoms with E-state index in [4.69, 9.17) is 5.73 Å². The predicted octanol–water partition coefficient (Wildman–Crippen LogP) is 0.652. The maximum absolute atomic E-state index is 14.2. The molecule has 4 aliphatic rings. The fraction of sp³-hybridized carbons (Fsp3) is 0.424. The highest BCUT2D eigenvalue weighted by atomic mass is 16.3. The van der Waals surface area contributed by atoms with Gasteiger partial charge >= 0.3 is 0 Å². The molecule has 1 unspecified atom stereocenters. The zero-order valence-corrected chi connectivity index (χ0v) is 26.5. The van der Waals surface area contributed by atoms with Gasteiger partial charge in [0.2, 0.25) is 11.7 Å². The molecule has 3 aliphatic carbocycles. The predicted molar refractivity (Wildman–Crippen MR) is 170 cm³/mol. The summed E-state index contributed by atoms with van der Waals surface area (Å²) >= 11 is 0. The lowest BCUT2D eigenvalue weighted by Gasteiger charge is -2.50. The Bertz CT molecular complexity index is 1760. The number of hydrogen-bond donors (Lipinski definition) is 6. The number of phenols is 1. The highest BCUT2D eigenvalue weighted by Gasteiger charge is 2.63. The van der Waals surface area contributed by atoms with Gasteiger partial charge in [-0.15, -0.1) is 0 Å². The smallest absolute Gasteiger partial charge is 0.255 e. The molecule has 248 valence electrons. The lowest BCUT2D eigenvalue weighted by atomic mass is 9.58. The second kappa shape index (κ2) is 11.5. The molecule has 47 heavy (non-hydrogen) atoms.